The molecule has 0 aromatic heterocycles. The van der Waals surface area contributed by atoms with E-state index in [-0.39, 0.29) is 5.41 Å². The Morgan fingerprint density at radius 1 is 0.519 bits per heavy atom. The highest BCUT2D eigenvalue weighted by atomic mass is 15.1. The molecule has 1 nitrogen and oxygen atoms in total. The number of anilines is 2. The minimum atomic E-state index is -0.304. The molecular weight excluding hydrogens is 627 g/mol. The largest absolute Gasteiger partial charge is 0.310 e. The average molecular weight is 668 g/mol. The molecule has 52 heavy (non-hydrogen) atoms. The van der Waals surface area contributed by atoms with Gasteiger partial charge in [-0.05, 0) is 99.8 Å². The number of allylic oxidation sites excluding steroid dienone is 4. The molecule has 7 aromatic rings. The summed E-state index contributed by atoms with van der Waals surface area (Å²) in [5.41, 5.74) is 16.5. The second kappa shape index (κ2) is 14.1. The maximum absolute atomic E-state index is 4.37. The first-order valence-corrected chi connectivity index (χ1v) is 18.0. The third kappa shape index (κ3) is 5.81. The molecular formula is C51H41N. The van der Waals surface area contributed by atoms with Gasteiger partial charge in [0.25, 0.3) is 0 Å². The highest BCUT2D eigenvalue weighted by Gasteiger charge is 2.42. The number of benzene rings is 7. The van der Waals surface area contributed by atoms with Crippen LogP contribution >= 0.6 is 0 Å². The summed E-state index contributed by atoms with van der Waals surface area (Å²) in [7, 11) is 0. The van der Waals surface area contributed by atoms with Crippen molar-refractivity contribution < 1.29 is 0 Å². The Morgan fingerprint density at radius 2 is 1.06 bits per heavy atom. The van der Waals surface area contributed by atoms with Crippen LogP contribution in [0, 0.1) is 0 Å². The van der Waals surface area contributed by atoms with Gasteiger partial charge < -0.3 is 4.90 Å². The number of hydrogen-bond donors (Lipinski definition) is 0. The van der Waals surface area contributed by atoms with Crippen LogP contribution in [-0.2, 0) is 5.41 Å². The highest BCUT2D eigenvalue weighted by molar-refractivity contribution is 5.95. The van der Waals surface area contributed by atoms with E-state index in [2.05, 4.69) is 219 Å². The average Bonchev–Trinajstić information content (AvgIpc) is 3.49. The molecule has 0 amide bonds. The summed E-state index contributed by atoms with van der Waals surface area (Å²) >= 11 is 0. The second-order valence-corrected chi connectivity index (χ2v) is 13.5. The van der Waals surface area contributed by atoms with Crippen LogP contribution in [0.4, 0.5) is 11.4 Å². The van der Waals surface area contributed by atoms with Gasteiger partial charge in [0.2, 0.25) is 0 Å². The van der Waals surface area contributed by atoms with Gasteiger partial charge in [-0.3, -0.25) is 0 Å². The summed E-state index contributed by atoms with van der Waals surface area (Å²) in [4.78, 5) is 2.38. The molecule has 250 valence electrons. The summed E-state index contributed by atoms with van der Waals surface area (Å²) in [6.07, 6.45) is 6.38. The first-order valence-electron chi connectivity index (χ1n) is 18.0. The summed E-state index contributed by atoms with van der Waals surface area (Å²) < 4.78 is 0. The number of hydrogen-bond acceptors (Lipinski definition) is 1. The SMILES string of the molecule is C=C/C(=C\C=C(/C)c1ccccc1)N(c1ccc(-c2ccccc2-c2ccccc2)cc1)c1cccc2c1-c1ccccc1C2(C)c1ccccc1. The van der Waals surface area contributed by atoms with Gasteiger partial charge >= 0.3 is 0 Å². The number of fused-ring (bicyclic) bond motifs is 3. The Morgan fingerprint density at radius 3 is 1.71 bits per heavy atom. The van der Waals surface area contributed by atoms with Crippen molar-refractivity contribution in [3.8, 4) is 33.4 Å². The molecule has 8 rings (SSSR count). The Labute approximate surface area is 308 Å². The van der Waals surface area contributed by atoms with Crippen molar-refractivity contribution in [2.45, 2.75) is 19.3 Å². The molecule has 1 aliphatic carbocycles. The van der Waals surface area contributed by atoms with Crippen molar-refractivity contribution in [2.75, 3.05) is 4.90 Å². The van der Waals surface area contributed by atoms with Crippen LogP contribution in [0.5, 0.6) is 0 Å². The molecule has 7 aromatic carbocycles. The second-order valence-electron chi connectivity index (χ2n) is 13.5. The predicted octanol–water partition coefficient (Wildman–Crippen LogP) is 13.7. The van der Waals surface area contributed by atoms with Crippen LogP contribution in [0.1, 0.15) is 36.1 Å². The van der Waals surface area contributed by atoms with Gasteiger partial charge in [-0.1, -0.05) is 176 Å². The molecule has 0 saturated carbocycles. The third-order valence-corrected chi connectivity index (χ3v) is 10.6. The number of rotatable bonds is 9. The van der Waals surface area contributed by atoms with E-state index in [1.165, 1.54) is 61.2 Å². The maximum Gasteiger partial charge on any atom is 0.0543 e. The van der Waals surface area contributed by atoms with Gasteiger partial charge in [0.1, 0.15) is 0 Å². The van der Waals surface area contributed by atoms with Crippen LogP contribution < -0.4 is 4.90 Å². The molecule has 1 atom stereocenters. The molecule has 0 N–H and O–H groups in total. The molecule has 0 saturated heterocycles. The van der Waals surface area contributed by atoms with Crippen molar-refractivity contribution in [1.82, 2.24) is 0 Å². The fourth-order valence-corrected chi connectivity index (χ4v) is 7.85. The molecule has 1 unspecified atom stereocenters. The normalized spacial score (nSPS) is 15.1. The molecule has 0 bridgehead atoms. The fourth-order valence-electron chi connectivity index (χ4n) is 7.85. The maximum atomic E-state index is 4.37. The quantitative estimate of drug-likeness (QED) is 0.139. The van der Waals surface area contributed by atoms with Crippen molar-refractivity contribution in [3.63, 3.8) is 0 Å². The number of nitrogens with zero attached hydrogens (tertiary/aromatic N) is 1. The zero-order valence-electron chi connectivity index (χ0n) is 29.7. The lowest BCUT2D eigenvalue weighted by Gasteiger charge is -2.31. The summed E-state index contributed by atoms with van der Waals surface area (Å²) in [5, 5.41) is 0. The molecule has 0 aliphatic heterocycles. The zero-order valence-corrected chi connectivity index (χ0v) is 29.7. The van der Waals surface area contributed by atoms with Crippen LogP contribution in [0.3, 0.4) is 0 Å². The molecule has 1 heteroatoms. The lowest BCUT2D eigenvalue weighted by atomic mass is 9.74. The van der Waals surface area contributed by atoms with Gasteiger partial charge in [-0.15, -0.1) is 0 Å². The van der Waals surface area contributed by atoms with E-state index in [0.717, 1.165) is 17.1 Å². The van der Waals surface area contributed by atoms with Gasteiger partial charge in [-0.2, -0.15) is 0 Å². The minimum absolute atomic E-state index is 0.304. The molecule has 0 radical (unpaired) electrons. The van der Waals surface area contributed by atoms with Crippen LogP contribution in [0.25, 0.3) is 39.0 Å². The lowest BCUT2D eigenvalue weighted by Crippen LogP contribution is -2.22. The predicted molar refractivity (Wildman–Crippen MR) is 222 cm³/mol. The lowest BCUT2D eigenvalue weighted by molar-refractivity contribution is 0.714. The van der Waals surface area contributed by atoms with E-state index in [1.54, 1.807) is 0 Å². The van der Waals surface area contributed by atoms with Crippen LogP contribution in [-0.4, -0.2) is 0 Å². The Hall–Kier alpha value is -6.44. The Balaban J connectivity index is 1.31. The first-order chi connectivity index (χ1) is 25.6. The van der Waals surface area contributed by atoms with E-state index in [4.69, 9.17) is 0 Å². The van der Waals surface area contributed by atoms with Crippen molar-refractivity contribution in [2.24, 2.45) is 0 Å². The van der Waals surface area contributed by atoms with Crippen molar-refractivity contribution in [1.29, 1.82) is 0 Å². The minimum Gasteiger partial charge on any atom is -0.310 e. The third-order valence-electron chi connectivity index (χ3n) is 10.6. The highest BCUT2D eigenvalue weighted by Crippen LogP contribution is 2.56. The van der Waals surface area contributed by atoms with Gasteiger partial charge in [0, 0.05) is 22.4 Å². The topological polar surface area (TPSA) is 3.24 Å². The summed E-state index contributed by atoms with van der Waals surface area (Å²) in [6, 6.07) is 65.4. The van der Waals surface area contributed by atoms with Gasteiger partial charge in [-0.25, -0.2) is 0 Å². The summed E-state index contributed by atoms with van der Waals surface area (Å²) in [6.45, 7) is 8.90. The molecule has 0 fully saturated rings. The molecule has 0 spiro atoms. The van der Waals surface area contributed by atoms with E-state index >= 15 is 0 Å². The zero-order chi connectivity index (χ0) is 35.5. The van der Waals surface area contributed by atoms with Crippen LogP contribution in [0.15, 0.2) is 212 Å². The van der Waals surface area contributed by atoms with E-state index in [1.807, 2.05) is 6.08 Å². The van der Waals surface area contributed by atoms with E-state index in [0.29, 0.717) is 0 Å². The Kier molecular flexibility index (Phi) is 8.85. The monoisotopic (exact) mass is 667 g/mol. The smallest absolute Gasteiger partial charge is 0.0543 e. The van der Waals surface area contributed by atoms with E-state index < -0.39 is 0 Å². The van der Waals surface area contributed by atoms with Gasteiger partial charge in [0.15, 0.2) is 0 Å². The summed E-state index contributed by atoms with van der Waals surface area (Å²) in [5.74, 6) is 0. The van der Waals surface area contributed by atoms with Crippen molar-refractivity contribution >= 4 is 16.9 Å². The fraction of sp³-hybridized carbons (Fsp3) is 0.0588. The molecule has 1 aliphatic rings. The standard InChI is InChI=1S/C51H41N/c1-4-42(34-31-37(2)38-19-8-5-9-20-38)52(43-35-32-40(33-36-43)45-26-15-14-25-44(45)39-21-10-6-11-22-39)49-30-18-29-48-50(49)46-27-16-17-28-47(46)51(48,3)41-23-12-7-13-24-41/h4-36H,1H2,2-3H3/b37-31+,42-34+. The first kappa shape index (κ1) is 32.7. The van der Waals surface area contributed by atoms with Gasteiger partial charge in [0.05, 0.1) is 5.69 Å². The van der Waals surface area contributed by atoms with Crippen LogP contribution in [0.2, 0.25) is 0 Å². The van der Waals surface area contributed by atoms with Crippen molar-refractivity contribution in [3.05, 3.63) is 235 Å². The Bertz CT molecular complexity index is 2420. The van der Waals surface area contributed by atoms with E-state index in [9.17, 15) is 0 Å². The molecule has 0 heterocycles.